The molecule has 2 heteroatoms. The van der Waals surface area contributed by atoms with E-state index in [0.717, 1.165) is 0 Å². The molecule has 0 saturated heterocycles. The third-order valence-electron chi connectivity index (χ3n) is 2.25. The number of ether oxygens (including phenoxy) is 1. The van der Waals surface area contributed by atoms with Gasteiger partial charge in [-0.15, -0.1) is 0 Å². The van der Waals surface area contributed by atoms with Gasteiger partial charge in [-0.2, -0.15) is 0 Å². The second kappa shape index (κ2) is 3.62. The van der Waals surface area contributed by atoms with Gasteiger partial charge in [0.25, 0.3) is 0 Å². The van der Waals surface area contributed by atoms with Crippen molar-refractivity contribution in [3.05, 3.63) is 48.2 Å². The Hall–Kier alpha value is -1.28. The fraction of sp³-hybridized carbons (Fsp3) is 0.273. The summed E-state index contributed by atoms with van der Waals surface area (Å²) in [4.78, 5) is 2.16. The maximum Gasteiger partial charge on any atom is 0.141 e. The minimum atomic E-state index is 0.356. The SMILES string of the molecule is CN1COC=CC1c1ccccc1. The van der Waals surface area contributed by atoms with E-state index in [-0.39, 0.29) is 0 Å². The smallest absolute Gasteiger partial charge is 0.141 e. The van der Waals surface area contributed by atoms with Crippen molar-refractivity contribution in [1.29, 1.82) is 0 Å². The molecule has 2 nitrogen and oxygen atoms in total. The lowest BCUT2D eigenvalue weighted by molar-refractivity contribution is 0.0713. The Labute approximate surface area is 78.4 Å². The molecule has 13 heavy (non-hydrogen) atoms. The van der Waals surface area contributed by atoms with Crippen LogP contribution in [0.4, 0.5) is 0 Å². The lowest BCUT2D eigenvalue weighted by Gasteiger charge is -2.28. The van der Waals surface area contributed by atoms with Crippen LogP contribution in [-0.4, -0.2) is 18.7 Å². The van der Waals surface area contributed by atoms with Gasteiger partial charge in [-0.25, -0.2) is 0 Å². The maximum absolute atomic E-state index is 5.18. The van der Waals surface area contributed by atoms with Crippen LogP contribution < -0.4 is 0 Å². The Balaban J connectivity index is 2.25. The summed E-state index contributed by atoms with van der Waals surface area (Å²) in [5.41, 5.74) is 1.31. The second-order valence-corrected chi connectivity index (χ2v) is 3.24. The predicted octanol–water partition coefficient (Wildman–Crippen LogP) is 2.16. The van der Waals surface area contributed by atoms with Gasteiger partial charge in [0.15, 0.2) is 0 Å². The molecule has 68 valence electrons. The normalized spacial score (nSPS) is 22.7. The van der Waals surface area contributed by atoms with E-state index in [1.165, 1.54) is 5.56 Å². The van der Waals surface area contributed by atoms with Crippen molar-refractivity contribution in [1.82, 2.24) is 4.90 Å². The Morgan fingerprint density at radius 1 is 1.31 bits per heavy atom. The van der Waals surface area contributed by atoms with Crippen LogP contribution in [0.15, 0.2) is 42.7 Å². The predicted molar refractivity (Wildman–Crippen MR) is 52.0 cm³/mol. The van der Waals surface area contributed by atoms with Gasteiger partial charge in [-0.3, -0.25) is 4.90 Å². The fourth-order valence-corrected chi connectivity index (χ4v) is 1.53. The van der Waals surface area contributed by atoms with E-state index in [4.69, 9.17) is 4.74 Å². The van der Waals surface area contributed by atoms with Crippen LogP contribution >= 0.6 is 0 Å². The highest BCUT2D eigenvalue weighted by Gasteiger charge is 2.16. The van der Waals surface area contributed by atoms with Crippen LogP contribution in [0.5, 0.6) is 0 Å². The van der Waals surface area contributed by atoms with E-state index in [1.54, 1.807) is 6.26 Å². The third-order valence-corrected chi connectivity index (χ3v) is 2.25. The molecule has 0 spiro atoms. The number of hydrogen-bond acceptors (Lipinski definition) is 2. The number of nitrogens with zero attached hydrogens (tertiary/aromatic N) is 1. The first-order valence-corrected chi connectivity index (χ1v) is 4.41. The van der Waals surface area contributed by atoms with Gasteiger partial charge in [0, 0.05) is 0 Å². The Morgan fingerprint density at radius 3 is 2.77 bits per heavy atom. The van der Waals surface area contributed by atoms with Crippen LogP contribution in [0.25, 0.3) is 0 Å². The van der Waals surface area contributed by atoms with Crippen LogP contribution in [-0.2, 0) is 4.74 Å². The first-order valence-electron chi connectivity index (χ1n) is 4.41. The molecule has 0 aliphatic carbocycles. The van der Waals surface area contributed by atoms with Crippen LogP contribution in [0.1, 0.15) is 11.6 Å². The minimum Gasteiger partial charge on any atom is -0.486 e. The summed E-state index contributed by atoms with van der Waals surface area (Å²) in [5.74, 6) is 0. The van der Waals surface area contributed by atoms with E-state index in [2.05, 4.69) is 42.3 Å². The summed E-state index contributed by atoms with van der Waals surface area (Å²) in [5, 5.41) is 0. The van der Waals surface area contributed by atoms with Gasteiger partial charge >= 0.3 is 0 Å². The van der Waals surface area contributed by atoms with E-state index in [1.807, 2.05) is 6.07 Å². The molecule has 1 atom stereocenters. The summed E-state index contributed by atoms with van der Waals surface area (Å²) >= 11 is 0. The molecular weight excluding hydrogens is 162 g/mol. The summed E-state index contributed by atoms with van der Waals surface area (Å²) in [7, 11) is 2.06. The standard InChI is InChI=1S/C11H13NO/c1-12-9-13-8-7-11(12)10-5-3-2-4-6-10/h2-8,11H,9H2,1H3. The topological polar surface area (TPSA) is 12.5 Å². The Kier molecular flexibility index (Phi) is 2.32. The molecule has 0 N–H and O–H groups in total. The zero-order valence-corrected chi connectivity index (χ0v) is 7.68. The molecular formula is C11H13NO. The molecule has 1 aliphatic rings. The molecule has 1 aromatic carbocycles. The lowest BCUT2D eigenvalue weighted by atomic mass is 10.1. The van der Waals surface area contributed by atoms with E-state index in [9.17, 15) is 0 Å². The number of benzene rings is 1. The molecule has 0 aromatic heterocycles. The second-order valence-electron chi connectivity index (χ2n) is 3.24. The molecule has 1 aliphatic heterocycles. The van der Waals surface area contributed by atoms with Crippen molar-refractivity contribution in [2.24, 2.45) is 0 Å². The van der Waals surface area contributed by atoms with Crippen molar-refractivity contribution in [3.8, 4) is 0 Å². The minimum absolute atomic E-state index is 0.356. The van der Waals surface area contributed by atoms with E-state index >= 15 is 0 Å². The first kappa shape index (κ1) is 8.32. The maximum atomic E-state index is 5.18. The zero-order chi connectivity index (χ0) is 9.10. The van der Waals surface area contributed by atoms with Crippen LogP contribution in [0, 0.1) is 0 Å². The molecule has 1 aromatic rings. The zero-order valence-electron chi connectivity index (χ0n) is 7.68. The van der Waals surface area contributed by atoms with Gasteiger partial charge < -0.3 is 4.74 Å². The highest BCUT2D eigenvalue weighted by Crippen LogP contribution is 2.22. The molecule has 0 bridgehead atoms. The van der Waals surface area contributed by atoms with E-state index < -0.39 is 0 Å². The average Bonchev–Trinajstić information content (AvgIpc) is 2.20. The summed E-state index contributed by atoms with van der Waals surface area (Å²) < 4.78 is 5.18. The van der Waals surface area contributed by atoms with Gasteiger partial charge in [-0.05, 0) is 18.7 Å². The molecule has 0 fully saturated rings. The van der Waals surface area contributed by atoms with Gasteiger partial charge in [0.2, 0.25) is 0 Å². The monoisotopic (exact) mass is 175 g/mol. The first-order chi connectivity index (χ1) is 6.38. The van der Waals surface area contributed by atoms with Gasteiger partial charge in [0.05, 0.1) is 12.3 Å². The van der Waals surface area contributed by atoms with Crippen LogP contribution in [0.2, 0.25) is 0 Å². The quantitative estimate of drug-likeness (QED) is 0.648. The average molecular weight is 175 g/mol. The van der Waals surface area contributed by atoms with E-state index in [0.29, 0.717) is 12.8 Å². The molecule has 0 radical (unpaired) electrons. The highest BCUT2D eigenvalue weighted by molar-refractivity contribution is 5.23. The Bertz CT molecular complexity index is 294. The molecule has 2 rings (SSSR count). The van der Waals surface area contributed by atoms with Crippen molar-refractivity contribution >= 4 is 0 Å². The highest BCUT2D eigenvalue weighted by atomic mass is 16.5. The lowest BCUT2D eigenvalue weighted by Crippen LogP contribution is -2.27. The van der Waals surface area contributed by atoms with Crippen molar-refractivity contribution in [2.45, 2.75) is 6.04 Å². The van der Waals surface area contributed by atoms with Crippen molar-refractivity contribution in [3.63, 3.8) is 0 Å². The number of rotatable bonds is 1. The largest absolute Gasteiger partial charge is 0.486 e. The molecule has 0 amide bonds. The van der Waals surface area contributed by atoms with Crippen molar-refractivity contribution < 1.29 is 4.74 Å². The van der Waals surface area contributed by atoms with Gasteiger partial charge in [0.1, 0.15) is 6.73 Å². The number of likely N-dealkylation sites (N-methyl/N-ethyl adjacent to an activating group) is 1. The number of hydrogen-bond donors (Lipinski definition) is 0. The summed E-state index contributed by atoms with van der Waals surface area (Å²) in [6.45, 7) is 0.663. The Morgan fingerprint density at radius 2 is 2.08 bits per heavy atom. The molecule has 1 unspecified atom stereocenters. The van der Waals surface area contributed by atoms with Crippen molar-refractivity contribution in [2.75, 3.05) is 13.8 Å². The summed E-state index contributed by atoms with van der Waals surface area (Å²) in [6, 6.07) is 10.8. The third kappa shape index (κ3) is 1.73. The molecule has 0 saturated carbocycles. The van der Waals surface area contributed by atoms with Gasteiger partial charge in [-0.1, -0.05) is 30.3 Å². The fourth-order valence-electron chi connectivity index (χ4n) is 1.53. The summed E-state index contributed by atoms with van der Waals surface area (Å²) in [6.07, 6.45) is 3.84. The van der Waals surface area contributed by atoms with Crippen LogP contribution in [0.3, 0.4) is 0 Å². The molecule has 1 heterocycles.